The summed E-state index contributed by atoms with van der Waals surface area (Å²) in [5.41, 5.74) is 0.426. The molecule has 2 unspecified atom stereocenters. The molecule has 0 amide bonds. The van der Waals surface area contributed by atoms with Gasteiger partial charge in [0.15, 0.2) is 0 Å². The van der Waals surface area contributed by atoms with Crippen molar-refractivity contribution in [2.75, 3.05) is 39.4 Å². The zero-order chi connectivity index (χ0) is 13.6. The molecule has 1 heterocycles. The molecule has 1 fully saturated rings. The van der Waals surface area contributed by atoms with Crippen molar-refractivity contribution in [2.45, 2.75) is 47.1 Å². The maximum atomic E-state index is 5.37. The largest absolute Gasteiger partial charge is 0.379 e. The molecule has 0 saturated carbocycles. The first-order valence-electron chi connectivity index (χ1n) is 7.43. The Morgan fingerprint density at radius 3 is 2.33 bits per heavy atom. The summed E-state index contributed by atoms with van der Waals surface area (Å²) in [5.74, 6) is 0.764. The highest BCUT2D eigenvalue weighted by Gasteiger charge is 2.19. The summed E-state index contributed by atoms with van der Waals surface area (Å²) in [4.78, 5) is 2.49. The number of ether oxygens (including phenoxy) is 1. The lowest BCUT2D eigenvalue weighted by molar-refractivity contribution is 0.0343. The second kappa shape index (κ2) is 7.46. The molecule has 18 heavy (non-hydrogen) atoms. The Balaban J connectivity index is 2.11. The van der Waals surface area contributed by atoms with Crippen LogP contribution in [0.5, 0.6) is 0 Å². The van der Waals surface area contributed by atoms with E-state index >= 15 is 0 Å². The molecule has 0 aromatic heterocycles. The van der Waals surface area contributed by atoms with E-state index in [1.54, 1.807) is 0 Å². The first-order chi connectivity index (χ1) is 8.39. The maximum absolute atomic E-state index is 5.37. The Labute approximate surface area is 113 Å². The van der Waals surface area contributed by atoms with Crippen LogP contribution in [-0.4, -0.2) is 50.3 Å². The molecule has 0 bridgehead atoms. The molecule has 3 heteroatoms. The fraction of sp³-hybridized carbons (Fsp3) is 1.00. The third kappa shape index (κ3) is 6.17. The number of nitrogens with zero attached hydrogens (tertiary/aromatic N) is 1. The molecule has 1 saturated heterocycles. The highest BCUT2D eigenvalue weighted by atomic mass is 16.5. The van der Waals surface area contributed by atoms with E-state index in [4.69, 9.17) is 4.74 Å². The van der Waals surface area contributed by atoms with Crippen LogP contribution in [-0.2, 0) is 4.74 Å². The van der Waals surface area contributed by atoms with Gasteiger partial charge >= 0.3 is 0 Å². The Morgan fingerprint density at radius 2 is 1.78 bits per heavy atom. The number of hydrogen-bond acceptors (Lipinski definition) is 3. The van der Waals surface area contributed by atoms with Gasteiger partial charge in [0.05, 0.1) is 13.2 Å². The van der Waals surface area contributed by atoms with E-state index in [1.165, 1.54) is 6.42 Å². The van der Waals surface area contributed by atoms with Crippen molar-refractivity contribution in [2.24, 2.45) is 11.3 Å². The smallest absolute Gasteiger partial charge is 0.0594 e. The Hall–Kier alpha value is -0.120. The van der Waals surface area contributed by atoms with Gasteiger partial charge in [-0.15, -0.1) is 0 Å². The summed E-state index contributed by atoms with van der Waals surface area (Å²) in [6.45, 7) is 17.9. The van der Waals surface area contributed by atoms with E-state index in [1.807, 2.05) is 0 Å². The number of hydrogen-bond donors (Lipinski definition) is 1. The van der Waals surface area contributed by atoms with Gasteiger partial charge in [0.1, 0.15) is 0 Å². The van der Waals surface area contributed by atoms with Crippen LogP contribution in [0.2, 0.25) is 0 Å². The van der Waals surface area contributed by atoms with Gasteiger partial charge in [-0.2, -0.15) is 0 Å². The lowest BCUT2D eigenvalue weighted by atomic mass is 9.80. The predicted molar refractivity (Wildman–Crippen MR) is 78.0 cm³/mol. The Bertz CT molecular complexity index is 219. The van der Waals surface area contributed by atoms with Gasteiger partial charge in [0, 0.05) is 25.7 Å². The minimum Gasteiger partial charge on any atom is -0.379 e. The lowest BCUT2D eigenvalue weighted by Crippen LogP contribution is -2.44. The standard InChI is InChI=1S/C15H32N2O/c1-13(15(3,4)5)6-7-16-14(2)12-17-8-10-18-11-9-17/h13-14,16H,6-12H2,1-5H3. The fourth-order valence-electron chi connectivity index (χ4n) is 2.21. The molecule has 1 aliphatic heterocycles. The quantitative estimate of drug-likeness (QED) is 0.789. The number of rotatable bonds is 6. The molecule has 1 N–H and O–H groups in total. The average molecular weight is 256 g/mol. The number of nitrogens with one attached hydrogen (secondary N) is 1. The van der Waals surface area contributed by atoms with Crippen LogP contribution >= 0.6 is 0 Å². The molecular formula is C15H32N2O. The third-order valence-corrected chi connectivity index (χ3v) is 4.18. The van der Waals surface area contributed by atoms with Crippen LogP contribution < -0.4 is 5.32 Å². The van der Waals surface area contributed by atoms with Crippen molar-refractivity contribution in [3.63, 3.8) is 0 Å². The Morgan fingerprint density at radius 1 is 1.17 bits per heavy atom. The summed E-state index contributed by atoms with van der Waals surface area (Å²) in [7, 11) is 0. The third-order valence-electron chi connectivity index (χ3n) is 4.18. The molecule has 1 aliphatic rings. The van der Waals surface area contributed by atoms with Crippen molar-refractivity contribution in [3.8, 4) is 0 Å². The first kappa shape index (κ1) is 15.9. The molecule has 0 aromatic rings. The topological polar surface area (TPSA) is 24.5 Å². The summed E-state index contributed by atoms with van der Waals surface area (Å²) in [5, 5.41) is 3.65. The van der Waals surface area contributed by atoms with Crippen molar-refractivity contribution in [1.82, 2.24) is 10.2 Å². The highest BCUT2D eigenvalue weighted by Crippen LogP contribution is 2.27. The molecule has 0 spiro atoms. The summed E-state index contributed by atoms with van der Waals surface area (Å²) >= 11 is 0. The van der Waals surface area contributed by atoms with Crippen molar-refractivity contribution in [3.05, 3.63) is 0 Å². The van der Waals surface area contributed by atoms with Crippen LogP contribution in [0.3, 0.4) is 0 Å². The summed E-state index contributed by atoms with van der Waals surface area (Å²) in [6.07, 6.45) is 1.26. The van der Waals surface area contributed by atoms with E-state index < -0.39 is 0 Å². The fourth-order valence-corrected chi connectivity index (χ4v) is 2.21. The molecule has 2 atom stereocenters. The number of morpholine rings is 1. The summed E-state index contributed by atoms with van der Waals surface area (Å²) < 4.78 is 5.37. The predicted octanol–water partition coefficient (Wildman–Crippen LogP) is 2.37. The molecule has 3 nitrogen and oxygen atoms in total. The SMILES string of the molecule is CC(CN1CCOCC1)NCCC(C)C(C)(C)C. The molecule has 1 rings (SSSR count). The van der Waals surface area contributed by atoms with Crippen molar-refractivity contribution >= 4 is 0 Å². The molecule has 108 valence electrons. The van der Waals surface area contributed by atoms with Gasteiger partial charge in [-0.25, -0.2) is 0 Å². The lowest BCUT2D eigenvalue weighted by Gasteiger charge is -2.30. The normalized spacial score (nSPS) is 21.8. The monoisotopic (exact) mass is 256 g/mol. The van der Waals surface area contributed by atoms with E-state index in [0.717, 1.165) is 45.3 Å². The van der Waals surface area contributed by atoms with E-state index in [0.29, 0.717) is 11.5 Å². The van der Waals surface area contributed by atoms with Crippen molar-refractivity contribution < 1.29 is 4.74 Å². The van der Waals surface area contributed by atoms with Crippen LogP contribution in [0.25, 0.3) is 0 Å². The molecule has 0 aliphatic carbocycles. The summed E-state index contributed by atoms with van der Waals surface area (Å²) in [6, 6.07) is 0.579. The minimum atomic E-state index is 0.426. The molecule has 0 aromatic carbocycles. The van der Waals surface area contributed by atoms with E-state index in [9.17, 15) is 0 Å². The molecule has 0 radical (unpaired) electrons. The van der Waals surface area contributed by atoms with Gasteiger partial charge in [-0.3, -0.25) is 4.90 Å². The second-order valence-electron chi connectivity index (χ2n) is 6.82. The van der Waals surface area contributed by atoms with Gasteiger partial charge < -0.3 is 10.1 Å². The van der Waals surface area contributed by atoms with Crippen LogP contribution in [0.1, 0.15) is 41.0 Å². The maximum Gasteiger partial charge on any atom is 0.0594 e. The average Bonchev–Trinajstić information content (AvgIpc) is 2.28. The van der Waals surface area contributed by atoms with Crippen LogP contribution in [0, 0.1) is 11.3 Å². The zero-order valence-electron chi connectivity index (χ0n) is 13.0. The zero-order valence-corrected chi connectivity index (χ0v) is 13.0. The van der Waals surface area contributed by atoms with Crippen LogP contribution in [0.4, 0.5) is 0 Å². The van der Waals surface area contributed by atoms with Gasteiger partial charge in [-0.1, -0.05) is 27.7 Å². The van der Waals surface area contributed by atoms with Gasteiger partial charge in [0.2, 0.25) is 0 Å². The minimum absolute atomic E-state index is 0.426. The highest BCUT2D eigenvalue weighted by molar-refractivity contribution is 4.73. The van der Waals surface area contributed by atoms with Crippen molar-refractivity contribution in [1.29, 1.82) is 0 Å². The second-order valence-corrected chi connectivity index (χ2v) is 6.82. The van der Waals surface area contributed by atoms with E-state index in [-0.39, 0.29) is 0 Å². The van der Waals surface area contributed by atoms with Gasteiger partial charge in [-0.05, 0) is 31.2 Å². The first-order valence-corrected chi connectivity index (χ1v) is 7.43. The van der Waals surface area contributed by atoms with Gasteiger partial charge in [0.25, 0.3) is 0 Å². The van der Waals surface area contributed by atoms with E-state index in [2.05, 4.69) is 44.8 Å². The van der Waals surface area contributed by atoms with Crippen LogP contribution in [0.15, 0.2) is 0 Å². The Kier molecular flexibility index (Phi) is 6.61. The molecular weight excluding hydrogens is 224 g/mol.